The summed E-state index contributed by atoms with van der Waals surface area (Å²) < 4.78 is 1.09. The Hall–Kier alpha value is 0.590. The number of aryl methyl sites for hydroxylation is 1. The molecule has 0 aromatic carbocycles. The van der Waals surface area contributed by atoms with E-state index in [4.69, 9.17) is 0 Å². The zero-order valence-corrected chi connectivity index (χ0v) is 10.9. The lowest BCUT2D eigenvalue weighted by molar-refractivity contribution is 1.10. The lowest BCUT2D eigenvalue weighted by Gasteiger charge is -1.97. The van der Waals surface area contributed by atoms with Crippen LogP contribution in [-0.2, 0) is 5.33 Å². The molecule has 1 heterocycles. The van der Waals surface area contributed by atoms with E-state index in [1.807, 2.05) is 19.1 Å². The quantitative estimate of drug-likeness (QED) is 0.708. The van der Waals surface area contributed by atoms with Gasteiger partial charge in [-0.15, -0.1) is 17.0 Å². The van der Waals surface area contributed by atoms with Crippen molar-refractivity contribution < 1.29 is 0 Å². The Balaban J connectivity index is 0.000001000. The molecule has 0 atom stereocenters. The number of halogens is 3. The molecule has 0 aliphatic heterocycles. The monoisotopic (exact) mass is 343 g/mol. The highest BCUT2D eigenvalue weighted by atomic mass is 79.9. The number of hydrogen-bond donors (Lipinski definition) is 0. The highest BCUT2D eigenvalue weighted by Gasteiger charge is 1.94. The van der Waals surface area contributed by atoms with E-state index in [9.17, 15) is 0 Å². The van der Waals surface area contributed by atoms with E-state index in [2.05, 4.69) is 36.8 Å². The first kappa shape index (κ1) is 11.6. The van der Waals surface area contributed by atoms with E-state index in [1.165, 1.54) is 0 Å². The summed E-state index contributed by atoms with van der Waals surface area (Å²) in [6.07, 6.45) is 0. The van der Waals surface area contributed by atoms with Crippen molar-refractivity contribution in [3.05, 3.63) is 28.0 Å². The fourth-order valence-electron chi connectivity index (χ4n) is 0.760. The van der Waals surface area contributed by atoms with Crippen molar-refractivity contribution in [1.82, 2.24) is 4.98 Å². The van der Waals surface area contributed by atoms with Gasteiger partial charge in [-0.2, -0.15) is 0 Å². The Kier molecular flexibility index (Phi) is 5.56. The van der Waals surface area contributed by atoms with Crippen LogP contribution in [-0.4, -0.2) is 4.98 Å². The van der Waals surface area contributed by atoms with Crippen LogP contribution in [0.15, 0.2) is 16.6 Å². The summed E-state index contributed by atoms with van der Waals surface area (Å²) in [5.41, 5.74) is 2.11. The van der Waals surface area contributed by atoms with Gasteiger partial charge in [-0.05, 0) is 19.1 Å². The van der Waals surface area contributed by atoms with Gasteiger partial charge in [-0.3, -0.25) is 4.98 Å². The van der Waals surface area contributed by atoms with Gasteiger partial charge in [0.05, 0.1) is 5.69 Å². The van der Waals surface area contributed by atoms with Gasteiger partial charge in [0.1, 0.15) is 0 Å². The van der Waals surface area contributed by atoms with Crippen molar-refractivity contribution in [3.8, 4) is 0 Å². The maximum absolute atomic E-state index is 4.28. The zero-order valence-electron chi connectivity index (χ0n) is 5.97. The summed E-state index contributed by atoms with van der Waals surface area (Å²) in [4.78, 5) is 4.28. The van der Waals surface area contributed by atoms with Gasteiger partial charge >= 0.3 is 0 Å². The molecule has 0 spiro atoms. The molecule has 0 bridgehead atoms. The summed E-state index contributed by atoms with van der Waals surface area (Å²) in [7, 11) is 0. The van der Waals surface area contributed by atoms with Crippen molar-refractivity contribution in [1.29, 1.82) is 0 Å². The summed E-state index contributed by atoms with van der Waals surface area (Å²) in [5, 5.41) is 0.813. The fourth-order valence-corrected chi connectivity index (χ4v) is 1.64. The van der Waals surface area contributed by atoms with Gasteiger partial charge in [-0.1, -0.05) is 31.9 Å². The molecule has 11 heavy (non-hydrogen) atoms. The van der Waals surface area contributed by atoms with Gasteiger partial charge in [0.25, 0.3) is 0 Å². The van der Waals surface area contributed by atoms with E-state index in [1.54, 1.807) is 0 Å². The Morgan fingerprint density at radius 3 is 2.55 bits per heavy atom. The smallest absolute Gasteiger partial charge is 0.0523 e. The van der Waals surface area contributed by atoms with Crippen LogP contribution in [0.5, 0.6) is 0 Å². The molecule has 62 valence electrons. The zero-order chi connectivity index (χ0) is 7.56. The van der Waals surface area contributed by atoms with Crippen molar-refractivity contribution in [3.63, 3.8) is 0 Å². The van der Waals surface area contributed by atoms with Gasteiger partial charge < -0.3 is 0 Å². The molecule has 0 saturated carbocycles. The Labute approximate surface area is 93.6 Å². The SMILES string of the molecule is Br.Cc1cc(Br)cc(CBr)n1. The molecule has 1 nitrogen and oxygen atoms in total. The van der Waals surface area contributed by atoms with E-state index < -0.39 is 0 Å². The molecule has 1 aromatic heterocycles. The van der Waals surface area contributed by atoms with Gasteiger partial charge in [-0.25, -0.2) is 0 Å². The van der Waals surface area contributed by atoms with Gasteiger partial charge in [0.2, 0.25) is 0 Å². The number of pyridine rings is 1. The fraction of sp³-hybridized carbons (Fsp3) is 0.286. The number of aromatic nitrogens is 1. The predicted molar refractivity (Wildman–Crippen MR) is 59.6 cm³/mol. The summed E-state index contributed by atoms with van der Waals surface area (Å²) >= 11 is 6.74. The largest absolute Gasteiger partial charge is 0.257 e. The van der Waals surface area contributed by atoms with Crippen molar-refractivity contribution in [2.45, 2.75) is 12.3 Å². The average Bonchev–Trinajstić information content (AvgIpc) is 1.85. The Bertz CT molecular complexity index is 217. The molecule has 0 N–H and O–H groups in total. The van der Waals surface area contributed by atoms with Crippen LogP contribution in [0.3, 0.4) is 0 Å². The number of alkyl halides is 1. The third-order valence-electron chi connectivity index (χ3n) is 1.11. The Morgan fingerprint density at radius 1 is 1.45 bits per heavy atom. The molecule has 0 aliphatic carbocycles. The van der Waals surface area contributed by atoms with Crippen LogP contribution in [0, 0.1) is 6.92 Å². The van der Waals surface area contributed by atoms with E-state index in [-0.39, 0.29) is 17.0 Å². The van der Waals surface area contributed by atoms with Crippen LogP contribution in [0.4, 0.5) is 0 Å². The number of hydrogen-bond acceptors (Lipinski definition) is 1. The minimum atomic E-state index is 0. The molecule has 1 aromatic rings. The standard InChI is InChI=1S/C7H7Br2N.BrH/c1-5-2-6(9)3-7(4-8)10-5;/h2-3H,4H2,1H3;1H. The van der Waals surface area contributed by atoms with Crippen LogP contribution < -0.4 is 0 Å². The van der Waals surface area contributed by atoms with E-state index in [0.29, 0.717) is 0 Å². The molecule has 0 amide bonds. The van der Waals surface area contributed by atoms with Gasteiger partial charge in [0.15, 0.2) is 0 Å². The first-order valence-corrected chi connectivity index (χ1v) is 4.83. The highest BCUT2D eigenvalue weighted by Crippen LogP contribution is 2.13. The summed E-state index contributed by atoms with van der Waals surface area (Å²) in [6, 6.07) is 3.99. The second kappa shape index (κ2) is 5.27. The van der Waals surface area contributed by atoms with Crippen LogP contribution in [0.25, 0.3) is 0 Å². The van der Waals surface area contributed by atoms with Crippen LogP contribution in [0.1, 0.15) is 11.4 Å². The second-order valence-corrected chi connectivity index (χ2v) is 3.53. The normalized spacial score (nSPS) is 9.00. The maximum atomic E-state index is 4.28. The van der Waals surface area contributed by atoms with E-state index >= 15 is 0 Å². The lowest BCUT2D eigenvalue weighted by atomic mass is 10.3. The molecule has 0 saturated heterocycles. The van der Waals surface area contributed by atoms with E-state index in [0.717, 1.165) is 21.2 Å². The molecule has 0 unspecified atom stereocenters. The van der Waals surface area contributed by atoms with Crippen molar-refractivity contribution in [2.75, 3.05) is 0 Å². The van der Waals surface area contributed by atoms with Crippen LogP contribution >= 0.6 is 48.8 Å². The lowest BCUT2D eigenvalue weighted by Crippen LogP contribution is -1.87. The first-order valence-electron chi connectivity index (χ1n) is 2.91. The molecule has 0 radical (unpaired) electrons. The number of nitrogens with zero attached hydrogens (tertiary/aromatic N) is 1. The minimum Gasteiger partial charge on any atom is -0.257 e. The van der Waals surface area contributed by atoms with Crippen molar-refractivity contribution in [2.24, 2.45) is 0 Å². The number of rotatable bonds is 1. The molecule has 4 heteroatoms. The third-order valence-corrected chi connectivity index (χ3v) is 2.14. The topological polar surface area (TPSA) is 12.9 Å². The molecule has 0 aliphatic rings. The summed E-state index contributed by atoms with van der Waals surface area (Å²) in [6.45, 7) is 1.98. The molecular weight excluding hydrogens is 338 g/mol. The van der Waals surface area contributed by atoms with Crippen LogP contribution in [0.2, 0.25) is 0 Å². The third kappa shape index (κ3) is 3.67. The second-order valence-electron chi connectivity index (χ2n) is 2.05. The molecular formula is C7H8Br3N. The minimum absolute atomic E-state index is 0. The highest BCUT2D eigenvalue weighted by molar-refractivity contribution is 9.10. The Morgan fingerprint density at radius 2 is 2.09 bits per heavy atom. The summed E-state index contributed by atoms with van der Waals surface area (Å²) in [5.74, 6) is 0. The predicted octanol–water partition coefficient (Wildman–Crippen LogP) is 3.63. The molecule has 1 rings (SSSR count). The first-order chi connectivity index (χ1) is 4.72. The van der Waals surface area contributed by atoms with Crippen molar-refractivity contribution >= 4 is 48.8 Å². The van der Waals surface area contributed by atoms with Gasteiger partial charge in [0, 0.05) is 15.5 Å². The molecule has 0 fully saturated rings. The maximum Gasteiger partial charge on any atom is 0.0523 e. The average molecular weight is 346 g/mol.